The molecule has 0 radical (unpaired) electrons. The maximum atomic E-state index is 13.9. The Labute approximate surface area is 233 Å². The predicted molar refractivity (Wildman–Crippen MR) is 152 cm³/mol. The lowest BCUT2D eigenvalue weighted by molar-refractivity contribution is -0.123. The molecule has 1 saturated heterocycles. The van der Waals surface area contributed by atoms with Gasteiger partial charge in [0.25, 0.3) is 0 Å². The molecular formula is C30H35FN4O3S. The fourth-order valence-electron chi connectivity index (χ4n) is 5.16. The average Bonchev–Trinajstić information content (AvgIpc) is 3.52. The number of benzene rings is 2. The Morgan fingerprint density at radius 3 is 2.64 bits per heavy atom. The van der Waals surface area contributed by atoms with E-state index in [2.05, 4.69) is 38.2 Å². The molecule has 0 unspecified atom stereocenters. The molecule has 2 aliphatic heterocycles. The minimum absolute atomic E-state index is 0.00263. The summed E-state index contributed by atoms with van der Waals surface area (Å²) in [7, 11) is 0. The third kappa shape index (κ3) is 5.89. The number of nitrogens with zero attached hydrogens (tertiary/aromatic N) is 3. The molecule has 2 aliphatic rings. The number of hydrogen-bond acceptors (Lipinski definition) is 5. The van der Waals surface area contributed by atoms with Crippen LogP contribution >= 0.6 is 11.8 Å². The van der Waals surface area contributed by atoms with E-state index in [1.807, 2.05) is 19.1 Å². The molecule has 2 atom stereocenters. The number of nitrogens with one attached hydrogen (secondary N) is 1. The molecule has 39 heavy (non-hydrogen) atoms. The van der Waals surface area contributed by atoms with Crippen LogP contribution < -0.4 is 10.2 Å². The van der Waals surface area contributed by atoms with E-state index >= 15 is 0 Å². The highest BCUT2D eigenvalue weighted by Crippen LogP contribution is 2.48. The maximum Gasteiger partial charge on any atom is 0.240 e. The van der Waals surface area contributed by atoms with Crippen LogP contribution in [0, 0.1) is 12.7 Å². The maximum absolute atomic E-state index is 13.9. The summed E-state index contributed by atoms with van der Waals surface area (Å²) in [6.45, 7) is 9.30. The third-order valence-corrected chi connectivity index (χ3v) is 8.32. The van der Waals surface area contributed by atoms with Gasteiger partial charge in [0.2, 0.25) is 11.8 Å². The molecule has 206 valence electrons. The summed E-state index contributed by atoms with van der Waals surface area (Å²) >= 11 is 1.55. The first-order valence-electron chi connectivity index (χ1n) is 13.4. The van der Waals surface area contributed by atoms with Gasteiger partial charge in [-0.05, 0) is 49.6 Å². The number of fused-ring (bicyclic) bond motifs is 1. The molecule has 9 heteroatoms. The average molecular weight is 551 g/mol. The van der Waals surface area contributed by atoms with Gasteiger partial charge in [-0.25, -0.2) is 9.07 Å². The molecule has 0 aliphatic carbocycles. The van der Waals surface area contributed by atoms with Crippen molar-refractivity contribution in [3.05, 3.63) is 76.7 Å². The van der Waals surface area contributed by atoms with E-state index in [-0.39, 0.29) is 46.7 Å². The van der Waals surface area contributed by atoms with Crippen molar-refractivity contribution in [3.8, 4) is 5.69 Å². The number of aryl methyl sites for hydroxylation is 1. The minimum atomic E-state index is -0.362. The molecule has 1 N–H and O–H groups in total. The monoisotopic (exact) mass is 550 g/mol. The normalized spacial score (nSPS) is 19.6. The smallest absolute Gasteiger partial charge is 0.240 e. The van der Waals surface area contributed by atoms with Gasteiger partial charge in [-0.3, -0.25) is 14.5 Å². The fraction of sp³-hybridized carbons (Fsp3) is 0.433. The Morgan fingerprint density at radius 2 is 1.97 bits per heavy atom. The highest BCUT2D eigenvalue weighted by Gasteiger charge is 2.40. The highest BCUT2D eigenvalue weighted by atomic mass is 32.2. The van der Waals surface area contributed by atoms with Crippen LogP contribution in [0.25, 0.3) is 5.69 Å². The lowest BCUT2D eigenvalue weighted by Crippen LogP contribution is -2.44. The van der Waals surface area contributed by atoms with Crippen molar-refractivity contribution in [2.75, 3.05) is 30.3 Å². The van der Waals surface area contributed by atoms with Crippen LogP contribution in [0.4, 0.5) is 10.2 Å². The van der Waals surface area contributed by atoms with E-state index in [1.165, 1.54) is 12.1 Å². The molecule has 2 amide bonds. The Kier molecular flexibility index (Phi) is 7.82. The van der Waals surface area contributed by atoms with Crippen molar-refractivity contribution >= 4 is 29.4 Å². The summed E-state index contributed by atoms with van der Waals surface area (Å²) < 4.78 is 21.2. The van der Waals surface area contributed by atoms with Crippen LogP contribution in [0.15, 0.2) is 48.5 Å². The van der Waals surface area contributed by atoms with E-state index in [0.29, 0.717) is 24.7 Å². The molecule has 1 aromatic heterocycles. The van der Waals surface area contributed by atoms with Gasteiger partial charge >= 0.3 is 0 Å². The molecule has 0 spiro atoms. The van der Waals surface area contributed by atoms with Gasteiger partial charge in [-0.1, -0.05) is 50.6 Å². The lowest BCUT2D eigenvalue weighted by Gasteiger charge is -2.25. The summed E-state index contributed by atoms with van der Waals surface area (Å²) in [6.07, 6.45) is 1.90. The van der Waals surface area contributed by atoms with Gasteiger partial charge in [0, 0.05) is 24.1 Å². The van der Waals surface area contributed by atoms with Crippen molar-refractivity contribution < 1.29 is 18.7 Å². The largest absolute Gasteiger partial charge is 0.376 e. The summed E-state index contributed by atoms with van der Waals surface area (Å²) in [5.41, 5.74) is 4.19. The number of ether oxygens (including phenoxy) is 1. The zero-order valence-corrected chi connectivity index (χ0v) is 23.7. The van der Waals surface area contributed by atoms with Crippen LogP contribution in [-0.4, -0.2) is 53.1 Å². The van der Waals surface area contributed by atoms with Crippen LogP contribution in [-0.2, 0) is 19.7 Å². The topological polar surface area (TPSA) is 76.5 Å². The molecule has 3 aromatic rings. The second-order valence-electron chi connectivity index (χ2n) is 11.2. The molecule has 0 bridgehead atoms. The number of aromatic nitrogens is 2. The van der Waals surface area contributed by atoms with Gasteiger partial charge in [0.15, 0.2) is 0 Å². The predicted octanol–water partition coefficient (Wildman–Crippen LogP) is 5.08. The standard InChI is InChI=1S/C30H35FN4O3S/c1-19-7-5-8-20(15-19)27-26-28(30(2,3)4)33-35(22-12-10-21(31)11-13-22)29(26)34(25(37)18-39-27)17-24(36)32-16-23-9-6-14-38-23/h5,7-8,10-13,15,23,27H,6,9,14,16-18H2,1-4H3,(H,32,36)/t23-,27-/m0/s1. The number of anilines is 1. The Bertz CT molecular complexity index is 1360. The summed E-state index contributed by atoms with van der Waals surface area (Å²) in [6, 6.07) is 14.3. The van der Waals surface area contributed by atoms with Gasteiger partial charge < -0.3 is 10.1 Å². The van der Waals surface area contributed by atoms with Crippen molar-refractivity contribution in [2.24, 2.45) is 0 Å². The van der Waals surface area contributed by atoms with E-state index in [9.17, 15) is 14.0 Å². The molecule has 1 fully saturated rings. The summed E-state index contributed by atoms with van der Waals surface area (Å²) in [5, 5.41) is 7.82. The van der Waals surface area contributed by atoms with Crippen molar-refractivity contribution in [1.29, 1.82) is 0 Å². The highest BCUT2D eigenvalue weighted by molar-refractivity contribution is 8.00. The molecule has 5 rings (SSSR count). The van der Waals surface area contributed by atoms with Crippen molar-refractivity contribution in [2.45, 2.75) is 57.3 Å². The number of rotatable bonds is 6. The molecular weight excluding hydrogens is 515 g/mol. The number of carbonyl (C=O) groups is 2. The van der Waals surface area contributed by atoms with Crippen LogP contribution in [0.2, 0.25) is 0 Å². The number of halogens is 1. The first kappa shape index (κ1) is 27.4. The Hall–Kier alpha value is -3.17. The van der Waals surface area contributed by atoms with E-state index in [4.69, 9.17) is 9.84 Å². The lowest BCUT2D eigenvalue weighted by atomic mass is 9.87. The van der Waals surface area contributed by atoms with Crippen LogP contribution in [0.1, 0.15) is 61.2 Å². The number of thioether (sulfide) groups is 1. The second kappa shape index (κ2) is 11.1. The van der Waals surface area contributed by atoms with E-state index in [0.717, 1.165) is 35.2 Å². The number of amides is 2. The number of hydrogen-bond donors (Lipinski definition) is 1. The minimum Gasteiger partial charge on any atom is -0.376 e. The quantitative estimate of drug-likeness (QED) is 0.463. The Morgan fingerprint density at radius 1 is 1.21 bits per heavy atom. The van der Waals surface area contributed by atoms with Gasteiger partial charge in [0.1, 0.15) is 18.2 Å². The zero-order chi connectivity index (χ0) is 27.7. The zero-order valence-electron chi connectivity index (χ0n) is 22.9. The van der Waals surface area contributed by atoms with Crippen LogP contribution in [0.5, 0.6) is 0 Å². The molecule has 3 heterocycles. The first-order chi connectivity index (χ1) is 18.6. The van der Waals surface area contributed by atoms with Crippen LogP contribution in [0.3, 0.4) is 0 Å². The van der Waals surface area contributed by atoms with Gasteiger partial charge in [-0.15, -0.1) is 11.8 Å². The summed E-state index contributed by atoms with van der Waals surface area (Å²) in [5.74, 6) is -0.0254. The third-order valence-electron chi connectivity index (χ3n) is 7.07. The van der Waals surface area contributed by atoms with Gasteiger partial charge in [-0.2, -0.15) is 5.10 Å². The SMILES string of the molecule is Cc1cccc([C@@H]2SCC(=O)N(CC(=O)NC[C@@H]3CCCO3)c3c2c(C(C)(C)C)nn3-c2ccc(F)cc2)c1. The first-order valence-corrected chi connectivity index (χ1v) is 14.4. The van der Waals surface area contributed by atoms with E-state index in [1.54, 1.807) is 33.5 Å². The fourth-order valence-corrected chi connectivity index (χ4v) is 6.35. The molecule has 0 saturated carbocycles. The Balaban J connectivity index is 1.65. The van der Waals surface area contributed by atoms with Crippen molar-refractivity contribution in [3.63, 3.8) is 0 Å². The molecule has 2 aromatic carbocycles. The number of carbonyl (C=O) groups excluding carboxylic acids is 2. The van der Waals surface area contributed by atoms with Gasteiger partial charge in [0.05, 0.1) is 28.5 Å². The second-order valence-corrected chi connectivity index (χ2v) is 12.3. The van der Waals surface area contributed by atoms with E-state index < -0.39 is 0 Å². The summed E-state index contributed by atoms with van der Waals surface area (Å²) in [4.78, 5) is 28.4. The van der Waals surface area contributed by atoms with Crippen molar-refractivity contribution in [1.82, 2.24) is 15.1 Å². The molecule has 7 nitrogen and oxygen atoms in total.